The Bertz CT molecular complexity index is 1160. The Kier molecular flexibility index (Phi) is 6.23. The monoisotopic (exact) mass is 487 g/mol. The second-order valence-corrected chi connectivity index (χ2v) is 10.9. The van der Waals surface area contributed by atoms with Gasteiger partial charge < -0.3 is 20.3 Å². The number of amides is 1. The van der Waals surface area contributed by atoms with Gasteiger partial charge in [-0.05, 0) is 98.2 Å². The van der Waals surface area contributed by atoms with Gasteiger partial charge in [0.05, 0.1) is 12.3 Å². The Labute approximate surface area is 212 Å². The standard InChI is InChI=1S/C29H33N3O2S/c1-35-24-10-3-19(4-11-24)18-30-29(33)22-9-12-27-28(15-22)34-14-2-13-32(27)23-16-25(20-5-6-20)31-26(17-23)21-7-8-21/h3-4,9-12,15-17,20-21,25,31H,2,5-8,13-14,18H2,1H3,(H,30,33). The van der Waals surface area contributed by atoms with Crippen LogP contribution in [0.1, 0.15) is 48.0 Å². The fraction of sp³-hybridized carbons (Fsp3) is 0.414. The van der Waals surface area contributed by atoms with Crippen LogP contribution in [0.4, 0.5) is 5.69 Å². The van der Waals surface area contributed by atoms with Gasteiger partial charge in [0, 0.05) is 41.0 Å². The van der Waals surface area contributed by atoms with E-state index in [2.05, 4.69) is 64.3 Å². The molecular weight excluding hydrogens is 454 g/mol. The van der Waals surface area contributed by atoms with E-state index in [0.29, 0.717) is 30.7 Å². The summed E-state index contributed by atoms with van der Waals surface area (Å²) in [6, 6.07) is 14.6. The van der Waals surface area contributed by atoms with E-state index >= 15 is 0 Å². The highest BCUT2D eigenvalue weighted by Gasteiger charge is 2.37. The third kappa shape index (κ3) is 5.08. The fourth-order valence-electron chi connectivity index (χ4n) is 4.99. The van der Waals surface area contributed by atoms with Crippen LogP contribution in [0, 0.1) is 11.8 Å². The van der Waals surface area contributed by atoms with Crippen molar-refractivity contribution in [3.8, 4) is 5.75 Å². The Morgan fingerprint density at radius 3 is 2.71 bits per heavy atom. The lowest BCUT2D eigenvalue weighted by Gasteiger charge is -2.32. The first-order valence-electron chi connectivity index (χ1n) is 12.8. The van der Waals surface area contributed by atoms with Crippen LogP contribution >= 0.6 is 11.8 Å². The topological polar surface area (TPSA) is 53.6 Å². The number of benzene rings is 2. The lowest BCUT2D eigenvalue weighted by atomic mass is 10.0. The van der Waals surface area contributed by atoms with Crippen molar-refractivity contribution >= 4 is 23.4 Å². The highest BCUT2D eigenvalue weighted by Crippen LogP contribution is 2.43. The zero-order chi connectivity index (χ0) is 23.8. The number of hydrogen-bond donors (Lipinski definition) is 2. The van der Waals surface area contributed by atoms with Crippen molar-refractivity contribution in [1.29, 1.82) is 0 Å². The van der Waals surface area contributed by atoms with Gasteiger partial charge in [0.1, 0.15) is 5.75 Å². The van der Waals surface area contributed by atoms with Gasteiger partial charge in [-0.3, -0.25) is 4.79 Å². The molecule has 2 heterocycles. The molecule has 6 rings (SSSR count). The van der Waals surface area contributed by atoms with Crippen LogP contribution in [-0.4, -0.2) is 31.4 Å². The van der Waals surface area contributed by atoms with Gasteiger partial charge >= 0.3 is 0 Å². The first kappa shape index (κ1) is 22.6. The molecule has 1 atom stereocenters. The summed E-state index contributed by atoms with van der Waals surface area (Å²) < 4.78 is 6.13. The molecule has 2 aliphatic heterocycles. The highest BCUT2D eigenvalue weighted by atomic mass is 32.2. The van der Waals surface area contributed by atoms with Crippen molar-refractivity contribution in [3.05, 3.63) is 77.1 Å². The summed E-state index contributed by atoms with van der Waals surface area (Å²) in [6.07, 6.45) is 13.0. The number of fused-ring (bicyclic) bond motifs is 1. The molecule has 0 spiro atoms. The van der Waals surface area contributed by atoms with Crippen LogP contribution in [0.3, 0.4) is 0 Å². The van der Waals surface area contributed by atoms with E-state index in [4.69, 9.17) is 4.74 Å². The number of anilines is 1. The van der Waals surface area contributed by atoms with Crippen molar-refractivity contribution in [3.63, 3.8) is 0 Å². The summed E-state index contributed by atoms with van der Waals surface area (Å²) in [7, 11) is 0. The first-order valence-corrected chi connectivity index (χ1v) is 14.1. The smallest absolute Gasteiger partial charge is 0.251 e. The number of dihydropyridines is 1. The summed E-state index contributed by atoms with van der Waals surface area (Å²) >= 11 is 1.72. The Morgan fingerprint density at radius 2 is 1.97 bits per heavy atom. The maximum absolute atomic E-state index is 12.9. The van der Waals surface area contributed by atoms with E-state index in [-0.39, 0.29) is 5.91 Å². The van der Waals surface area contributed by atoms with E-state index in [1.54, 1.807) is 11.8 Å². The Morgan fingerprint density at radius 1 is 1.14 bits per heavy atom. The third-order valence-corrected chi connectivity index (χ3v) is 8.10. The van der Waals surface area contributed by atoms with Gasteiger partial charge in [-0.15, -0.1) is 11.8 Å². The van der Waals surface area contributed by atoms with E-state index in [1.807, 2.05) is 12.1 Å². The second kappa shape index (κ2) is 9.65. The largest absolute Gasteiger partial charge is 0.491 e. The Hall–Kier alpha value is -2.86. The number of thioether (sulfide) groups is 1. The van der Waals surface area contributed by atoms with Gasteiger partial charge in [0.25, 0.3) is 5.91 Å². The molecule has 0 saturated heterocycles. The molecule has 4 aliphatic rings. The molecule has 0 aromatic heterocycles. The molecule has 182 valence electrons. The molecule has 2 aliphatic carbocycles. The number of hydrogen-bond acceptors (Lipinski definition) is 5. The molecule has 1 amide bonds. The molecular formula is C29H33N3O2S. The van der Waals surface area contributed by atoms with Crippen molar-refractivity contribution < 1.29 is 9.53 Å². The quantitative estimate of drug-likeness (QED) is 0.506. The van der Waals surface area contributed by atoms with Gasteiger partial charge in [0.15, 0.2) is 0 Å². The number of carbonyl (C=O) groups is 1. The number of nitrogens with one attached hydrogen (secondary N) is 2. The second-order valence-electron chi connectivity index (χ2n) is 10.0. The van der Waals surface area contributed by atoms with Gasteiger partial charge in [-0.2, -0.15) is 0 Å². The van der Waals surface area contributed by atoms with Crippen molar-refractivity contribution in [1.82, 2.24) is 10.6 Å². The van der Waals surface area contributed by atoms with Crippen molar-refractivity contribution in [2.75, 3.05) is 24.3 Å². The number of rotatable bonds is 7. The molecule has 0 radical (unpaired) electrons. The van der Waals surface area contributed by atoms with Crippen LogP contribution in [0.25, 0.3) is 0 Å². The van der Waals surface area contributed by atoms with Gasteiger partial charge in [-0.25, -0.2) is 0 Å². The third-order valence-electron chi connectivity index (χ3n) is 7.35. The summed E-state index contributed by atoms with van der Waals surface area (Å²) in [5.74, 6) is 2.18. The van der Waals surface area contributed by atoms with Crippen molar-refractivity contribution in [2.45, 2.75) is 49.6 Å². The summed E-state index contributed by atoms with van der Waals surface area (Å²) in [4.78, 5) is 16.6. The minimum Gasteiger partial charge on any atom is -0.491 e. The zero-order valence-electron chi connectivity index (χ0n) is 20.3. The van der Waals surface area contributed by atoms with E-state index < -0.39 is 0 Å². The minimum absolute atomic E-state index is 0.0769. The van der Waals surface area contributed by atoms with Crippen LogP contribution in [0.5, 0.6) is 5.75 Å². The van der Waals surface area contributed by atoms with E-state index in [9.17, 15) is 4.79 Å². The lowest BCUT2D eigenvalue weighted by Crippen LogP contribution is -2.36. The summed E-state index contributed by atoms with van der Waals surface area (Å²) in [5.41, 5.74) is 5.47. The molecule has 2 saturated carbocycles. The molecule has 2 aromatic rings. The van der Waals surface area contributed by atoms with Crippen molar-refractivity contribution in [2.24, 2.45) is 11.8 Å². The zero-order valence-corrected chi connectivity index (χ0v) is 21.1. The van der Waals surface area contributed by atoms with Crippen LogP contribution in [-0.2, 0) is 6.54 Å². The van der Waals surface area contributed by atoms with E-state index in [1.165, 1.54) is 42.0 Å². The number of nitrogens with zero attached hydrogens (tertiary/aromatic N) is 1. The molecule has 2 N–H and O–H groups in total. The molecule has 5 nitrogen and oxygen atoms in total. The molecule has 6 heteroatoms. The van der Waals surface area contributed by atoms with E-state index in [0.717, 1.165) is 35.9 Å². The lowest BCUT2D eigenvalue weighted by molar-refractivity contribution is 0.0950. The van der Waals surface area contributed by atoms with Crippen LogP contribution < -0.4 is 20.3 Å². The molecule has 1 unspecified atom stereocenters. The van der Waals surface area contributed by atoms with Crippen LogP contribution in [0.15, 0.2) is 70.9 Å². The maximum Gasteiger partial charge on any atom is 0.251 e. The number of carbonyl (C=O) groups excluding carboxylic acids is 1. The molecule has 35 heavy (non-hydrogen) atoms. The van der Waals surface area contributed by atoms with Gasteiger partial charge in [-0.1, -0.05) is 12.1 Å². The summed E-state index contributed by atoms with van der Waals surface area (Å²) in [5, 5.41) is 6.87. The predicted molar refractivity (Wildman–Crippen MR) is 142 cm³/mol. The molecule has 2 aromatic carbocycles. The summed E-state index contributed by atoms with van der Waals surface area (Å²) in [6.45, 7) is 2.09. The first-order chi connectivity index (χ1) is 17.2. The molecule has 2 fully saturated rings. The normalized spacial score (nSPS) is 21.6. The fourth-order valence-corrected chi connectivity index (χ4v) is 5.40. The average molecular weight is 488 g/mol. The van der Waals surface area contributed by atoms with Gasteiger partial charge in [0.2, 0.25) is 0 Å². The molecule has 0 bridgehead atoms. The maximum atomic E-state index is 12.9. The average Bonchev–Trinajstić information content (AvgIpc) is 3.80. The minimum atomic E-state index is -0.0769. The Balaban J connectivity index is 1.21. The highest BCUT2D eigenvalue weighted by molar-refractivity contribution is 7.98. The SMILES string of the molecule is CSc1ccc(CNC(=O)c2ccc3c(c2)OCCCN3C2=CC(C3CC3)NC(C3CC3)=C2)cc1. The number of ether oxygens (including phenoxy) is 1. The van der Waals surface area contributed by atoms with Crippen LogP contribution in [0.2, 0.25) is 0 Å². The predicted octanol–water partition coefficient (Wildman–Crippen LogP) is 5.49. The number of allylic oxidation sites excluding steroid dienone is 2.